The van der Waals surface area contributed by atoms with E-state index < -0.39 is 0 Å². The van der Waals surface area contributed by atoms with E-state index in [1.165, 1.54) is 38.2 Å². The Morgan fingerprint density at radius 2 is 2.00 bits per heavy atom. The van der Waals surface area contributed by atoms with Crippen LogP contribution in [0.2, 0.25) is 0 Å². The standard InChI is InChI=1S/C16H24FNO/c1-13-7-8-15(17)11-14(13)12-18(9-10-19)16-5-3-2-4-6-16/h7-8,11,16,19H,2-6,9-10,12H2,1H3. The molecule has 0 saturated heterocycles. The second-order valence-corrected chi connectivity index (χ2v) is 5.56. The van der Waals surface area contributed by atoms with Crippen molar-refractivity contribution in [2.24, 2.45) is 0 Å². The van der Waals surface area contributed by atoms with E-state index in [1.54, 1.807) is 6.07 Å². The zero-order chi connectivity index (χ0) is 13.7. The van der Waals surface area contributed by atoms with E-state index in [2.05, 4.69) is 4.90 Å². The van der Waals surface area contributed by atoms with Crippen molar-refractivity contribution >= 4 is 0 Å². The Kier molecular flexibility index (Phi) is 5.34. The molecule has 0 atom stereocenters. The smallest absolute Gasteiger partial charge is 0.123 e. The largest absolute Gasteiger partial charge is 0.395 e. The first-order chi connectivity index (χ1) is 9.20. The Hall–Kier alpha value is -0.930. The Morgan fingerprint density at radius 1 is 1.26 bits per heavy atom. The lowest BCUT2D eigenvalue weighted by Crippen LogP contribution is -2.38. The van der Waals surface area contributed by atoms with Crippen molar-refractivity contribution in [1.82, 2.24) is 4.90 Å². The zero-order valence-electron chi connectivity index (χ0n) is 11.7. The first-order valence-electron chi connectivity index (χ1n) is 7.30. The summed E-state index contributed by atoms with van der Waals surface area (Å²) in [4.78, 5) is 2.32. The molecule has 0 bridgehead atoms. The van der Waals surface area contributed by atoms with Crippen LogP contribution in [0.1, 0.15) is 43.2 Å². The monoisotopic (exact) mass is 265 g/mol. The maximum absolute atomic E-state index is 13.4. The van der Waals surface area contributed by atoms with Crippen LogP contribution in [0.5, 0.6) is 0 Å². The van der Waals surface area contributed by atoms with Gasteiger partial charge < -0.3 is 5.11 Å². The number of halogens is 1. The van der Waals surface area contributed by atoms with Crippen molar-refractivity contribution < 1.29 is 9.50 Å². The second-order valence-electron chi connectivity index (χ2n) is 5.56. The van der Waals surface area contributed by atoms with Crippen LogP contribution in [-0.4, -0.2) is 29.2 Å². The molecule has 1 N–H and O–H groups in total. The van der Waals surface area contributed by atoms with Gasteiger partial charge in [0.1, 0.15) is 5.82 Å². The van der Waals surface area contributed by atoms with Crippen LogP contribution in [0.3, 0.4) is 0 Å². The fourth-order valence-corrected chi connectivity index (χ4v) is 2.99. The summed E-state index contributed by atoms with van der Waals surface area (Å²) in [5.74, 6) is -0.173. The molecule has 0 spiro atoms. The predicted molar refractivity (Wildman–Crippen MR) is 75.5 cm³/mol. The van der Waals surface area contributed by atoms with Crippen molar-refractivity contribution in [1.29, 1.82) is 0 Å². The number of nitrogens with zero attached hydrogens (tertiary/aromatic N) is 1. The van der Waals surface area contributed by atoms with Crippen LogP contribution in [-0.2, 0) is 6.54 Å². The Labute approximate surface area is 115 Å². The summed E-state index contributed by atoms with van der Waals surface area (Å²) >= 11 is 0. The molecule has 1 saturated carbocycles. The summed E-state index contributed by atoms with van der Waals surface area (Å²) in [5, 5.41) is 9.25. The van der Waals surface area contributed by atoms with Gasteiger partial charge in [-0.25, -0.2) is 4.39 Å². The molecule has 106 valence electrons. The van der Waals surface area contributed by atoms with Gasteiger partial charge in [-0.15, -0.1) is 0 Å². The molecule has 1 aromatic rings. The summed E-state index contributed by atoms with van der Waals surface area (Å²) in [6, 6.07) is 5.52. The van der Waals surface area contributed by atoms with Crippen molar-refractivity contribution in [2.75, 3.05) is 13.2 Å². The second kappa shape index (κ2) is 7.01. The van der Waals surface area contributed by atoms with Crippen LogP contribution in [0.25, 0.3) is 0 Å². The number of aliphatic hydroxyl groups is 1. The average Bonchev–Trinajstić information content (AvgIpc) is 2.43. The Bertz CT molecular complexity index is 402. The fraction of sp³-hybridized carbons (Fsp3) is 0.625. The highest BCUT2D eigenvalue weighted by atomic mass is 19.1. The summed E-state index contributed by atoms with van der Waals surface area (Å²) < 4.78 is 13.4. The minimum atomic E-state index is -0.173. The van der Waals surface area contributed by atoms with Crippen LogP contribution in [0, 0.1) is 12.7 Å². The van der Waals surface area contributed by atoms with Crippen molar-refractivity contribution in [3.05, 3.63) is 35.1 Å². The van der Waals surface area contributed by atoms with Gasteiger partial charge in [0.15, 0.2) is 0 Å². The van der Waals surface area contributed by atoms with Gasteiger partial charge in [-0.05, 0) is 43.0 Å². The lowest BCUT2D eigenvalue weighted by molar-refractivity contribution is 0.117. The molecule has 2 nitrogen and oxygen atoms in total. The highest BCUT2D eigenvalue weighted by Crippen LogP contribution is 2.24. The Morgan fingerprint density at radius 3 is 2.68 bits per heavy atom. The number of hydrogen-bond donors (Lipinski definition) is 1. The molecule has 3 heteroatoms. The van der Waals surface area contributed by atoms with Crippen molar-refractivity contribution in [3.8, 4) is 0 Å². The molecule has 0 aromatic heterocycles. The lowest BCUT2D eigenvalue weighted by Gasteiger charge is -2.34. The molecular weight excluding hydrogens is 241 g/mol. The molecule has 0 unspecified atom stereocenters. The average molecular weight is 265 g/mol. The molecule has 1 fully saturated rings. The summed E-state index contributed by atoms with van der Waals surface area (Å²) in [6.07, 6.45) is 6.27. The molecular formula is C16H24FNO. The van der Waals surface area contributed by atoms with Crippen molar-refractivity contribution in [3.63, 3.8) is 0 Å². The van der Waals surface area contributed by atoms with E-state index in [9.17, 15) is 9.50 Å². The lowest BCUT2D eigenvalue weighted by atomic mass is 9.93. The van der Waals surface area contributed by atoms with Gasteiger partial charge in [0.05, 0.1) is 6.61 Å². The van der Waals surface area contributed by atoms with E-state index >= 15 is 0 Å². The molecule has 1 aliphatic rings. The van der Waals surface area contributed by atoms with Crippen LogP contribution >= 0.6 is 0 Å². The highest BCUT2D eigenvalue weighted by molar-refractivity contribution is 5.26. The van der Waals surface area contributed by atoms with Crippen LogP contribution < -0.4 is 0 Å². The van der Waals surface area contributed by atoms with E-state index in [1.807, 2.05) is 13.0 Å². The van der Waals surface area contributed by atoms with Crippen LogP contribution in [0.4, 0.5) is 4.39 Å². The number of benzene rings is 1. The topological polar surface area (TPSA) is 23.5 Å². The minimum Gasteiger partial charge on any atom is -0.395 e. The van der Waals surface area contributed by atoms with Gasteiger partial charge in [-0.2, -0.15) is 0 Å². The number of rotatable bonds is 5. The maximum Gasteiger partial charge on any atom is 0.123 e. The molecule has 0 amide bonds. The summed E-state index contributed by atoms with van der Waals surface area (Å²) in [6.45, 7) is 3.62. The maximum atomic E-state index is 13.4. The quantitative estimate of drug-likeness (QED) is 0.883. The third kappa shape index (κ3) is 4.02. The van der Waals surface area contributed by atoms with Crippen LogP contribution in [0.15, 0.2) is 18.2 Å². The van der Waals surface area contributed by atoms with Gasteiger partial charge in [-0.1, -0.05) is 25.3 Å². The van der Waals surface area contributed by atoms with Crippen molar-refractivity contribution in [2.45, 2.75) is 51.6 Å². The summed E-state index contributed by atoms with van der Waals surface area (Å²) in [7, 11) is 0. The third-order valence-electron chi connectivity index (χ3n) is 4.16. The highest BCUT2D eigenvalue weighted by Gasteiger charge is 2.21. The molecule has 2 rings (SSSR count). The van der Waals surface area contributed by atoms with E-state index in [0.717, 1.165) is 17.7 Å². The van der Waals surface area contributed by atoms with E-state index in [0.29, 0.717) is 12.6 Å². The van der Waals surface area contributed by atoms with E-state index in [4.69, 9.17) is 0 Å². The zero-order valence-corrected chi connectivity index (χ0v) is 11.7. The first-order valence-corrected chi connectivity index (χ1v) is 7.30. The number of hydrogen-bond acceptors (Lipinski definition) is 2. The fourth-order valence-electron chi connectivity index (χ4n) is 2.99. The third-order valence-corrected chi connectivity index (χ3v) is 4.16. The van der Waals surface area contributed by atoms with E-state index in [-0.39, 0.29) is 12.4 Å². The number of aryl methyl sites for hydroxylation is 1. The molecule has 1 aliphatic carbocycles. The molecule has 0 heterocycles. The van der Waals surface area contributed by atoms with Gasteiger partial charge in [0, 0.05) is 19.1 Å². The molecule has 19 heavy (non-hydrogen) atoms. The van der Waals surface area contributed by atoms with Gasteiger partial charge >= 0.3 is 0 Å². The van der Waals surface area contributed by atoms with Gasteiger partial charge in [0.2, 0.25) is 0 Å². The SMILES string of the molecule is Cc1ccc(F)cc1CN(CCO)C1CCCCC1. The Balaban J connectivity index is 2.08. The van der Waals surface area contributed by atoms with Gasteiger partial charge in [-0.3, -0.25) is 4.90 Å². The first kappa shape index (κ1) is 14.5. The summed E-state index contributed by atoms with van der Waals surface area (Å²) in [5.41, 5.74) is 2.17. The normalized spacial score (nSPS) is 17.1. The molecule has 0 aliphatic heterocycles. The predicted octanol–water partition coefficient (Wildman–Crippen LogP) is 3.26. The molecule has 1 aromatic carbocycles. The van der Waals surface area contributed by atoms with Gasteiger partial charge in [0.25, 0.3) is 0 Å². The minimum absolute atomic E-state index is 0.171. The molecule has 0 radical (unpaired) electrons. The number of aliphatic hydroxyl groups excluding tert-OH is 1.